The molecule has 0 aliphatic rings. The molecule has 9 heteroatoms. The fourth-order valence-electron chi connectivity index (χ4n) is 5.65. The molecule has 0 saturated heterocycles. The van der Waals surface area contributed by atoms with Crippen LogP contribution in [0.15, 0.2) is 85.1 Å². The maximum Gasteiger partial charge on any atom is 0.472 e. The van der Waals surface area contributed by atoms with E-state index in [1.165, 1.54) is 51.4 Å². The summed E-state index contributed by atoms with van der Waals surface area (Å²) in [4.78, 5) is 22.5. The minimum atomic E-state index is -4.29. The van der Waals surface area contributed by atoms with Crippen LogP contribution < -0.4 is 5.73 Å². The molecule has 0 rings (SSSR count). The number of unbranched alkanes of at least 4 members (excludes halogenated alkanes) is 14. The van der Waals surface area contributed by atoms with E-state index in [-0.39, 0.29) is 32.3 Å². The summed E-state index contributed by atoms with van der Waals surface area (Å²) in [5.74, 6) is -0.347. The minimum Gasteiger partial charge on any atom is -0.457 e. The molecule has 2 unspecified atom stereocenters. The summed E-state index contributed by atoms with van der Waals surface area (Å²) in [5, 5.41) is 0. The molecule has 0 aromatic carbocycles. The third kappa shape index (κ3) is 42.8. The highest BCUT2D eigenvalue weighted by Gasteiger charge is 2.25. The van der Waals surface area contributed by atoms with Gasteiger partial charge in [-0.05, 0) is 83.5 Å². The Kier molecular flexibility index (Phi) is 42.0. The summed E-state index contributed by atoms with van der Waals surface area (Å²) in [6, 6.07) is 0. The Morgan fingerprint density at radius 2 is 0.946 bits per heavy atom. The van der Waals surface area contributed by atoms with E-state index in [9.17, 15) is 14.3 Å². The van der Waals surface area contributed by atoms with Gasteiger partial charge in [-0.15, -0.1) is 0 Å². The predicted molar refractivity (Wildman–Crippen MR) is 238 cm³/mol. The van der Waals surface area contributed by atoms with E-state index in [0.29, 0.717) is 13.0 Å². The zero-order valence-corrected chi connectivity index (χ0v) is 36.5. The van der Waals surface area contributed by atoms with Gasteiger partial charge in [-0.1, -0.05) is 163 Å². The Morgan fingerprint density at radius 1 is 0.536 bits per heavy atom. The van der Waals surface area contributed by atoms with Gasteiger partial charge in [-0.25, -0.2) is 4.57 Å². The Labute approximate surface area is 343 Å². The first-order chi connectivity index (χ1) is 27.4. The lowest BCUT2D eigenvalue weighted by Gasteiger charge is -2.20. The Morgan fingerprint density at radius 3 is 1.41 bits per heavy atom. The quantitative estimate of drug-likeness (QED) is 0.0272. The average Bonchev–Trinajstić information content (AvgIpc) is 3.19. The molecule has 2 atom stereocenters. The Balaban J connectivity index is 4.04. The molecule has 56 heavy (non-hydrogen) atoms. The van der Waals surface area contributed by atoms with Crippen LogP contribution in [0.3, 0.4) is 0 Å². The molecular weight excluding hydrogens is 721 g/mol. The van der Waals surface area contributed by atoms with E-state index < -0.39 is 13.9 Å². The molecule has 0 bridgehead atoms. The molecule has 0 aliphatic heterocycles. The van der Waals surface area contributed by atoms with Crippen LogP contribution in [0.5, 0.6) is 0 Å². The van der Waals surface area contributed by atoms with E-state index in [4.69, 9.17) is 24.3 Å². The van der Waals surface area contributed by atoms with Gasteiger partial charge in [0.1, 0.15) is 6.10 Å². The van der Waals surface area contributed by atoms with Crippen molar-refractivity contribution in [1.29, 1.82) is 0 Å². The minimum absolute atomic E-state index is 0.0913. The number of esters is 1. The van der Waals surface area contributed by atoms with Gasteiger partial charge in [-0.2, -0.15) is 0 Å². The third-order valence-electron chi connectivity index (χ3n) is 8.81. The van der Waals surface area contributed by atoms with Crippen molar-refractivity contribution in [3.05, 3.63) is 85.1 Å². The summed E-state index contributed by atoms with van der Waals surface area (Å²) in [7, 11) is -4.29. The largest absolute Gasteiger partial charge is 0.472 e. The van der Waals surface area contributed by atoms with Crippen molar-refractivity contribution in [2.24, 2.45) is 5.73 Å². The van der Waals surface area contributed by atoms with Crippen molar-refractivity contribution in [1.82, 2.24) is 0 Å². The normalized spacial score (nSPS) is 14.3. The van der Waals surface area contributed by atoms with Crippen molar-refractivity contribution in [3.63, 3.8) is 0 Å². The lowest BCUT2D eigenvalue weighted by atomic mass is 10.0. The topological polar surface area (TPSA) is 117 Å². The number of nitrogens with two attached hydrogens (primary N) is 1. The first-order valence-electron chi connectivity index (χ1n) is 22.1. The van der Waals surface area contributed by atoms with Crippen molar-refractivity contribution in [3.8, 4) is 0 Å². The zero-order chi connectivity index (χ0) is 40.9. The summed E-state index contributed by atoms with van der Waals surface area (Å²) in [6.45, 7) is 4.62. The van der Waals surface area contributed by atoms with Crippen LogP contribution in [0.1, 0.15) is 168 Å². The van der Waals surface area contributed by atoms with Crippen LogP contribution >= 0.6 is 7.82 Å². The van der Waals surface area contributed by atoms with Gasteiger partial charge in [-0.3, -0.25) is 13.8 Å². The molecule has 3 N–H and O–H groups in total. The maximum absolute atomic E-state index is 12.6. The molecule has 0 fully saturated rings. The van der Waals surface area contributed by atoms with Gasteiger partial charge in [0, 0.05) is 19.6 Å². The Bertz CT molecular complexity index is 1130. The van der Waals surface area contributed by atoms with E-state index in [1.807, 2.05) is 0 Å². The summed E-state index contributed by atoms with van der Waals surface area (Å²) in [5.41, 5.74) is 5.37. The van der Waals surface area contributed by atoms with Gasteiger partial charge < -0.3 is 20.1 Å². The second kappa shape index (κ2) is 43.8. The molecule has 322 valence electrons. The number of ether oxygens (including phenoxy) is 2. The molecule has 0 heterocycles. The van der Waals surface area contributed by atoms with Crippen LogP contribution in [0, 0.1) is 0 Å². The maximum atomic E-state index is 12.6. The highest BCUT2D eigenvalue weighted by atomic mass is 31.2. The first kappa shape index (κ1) is 53.7. The second-order valence-corrected chi connectivity index (χ2v) is 15.6. The Hall–Kier alpha value is -2.32. The summed E-state index contributed by atoms with van der Waals surface area (Å²) in [6.07, 6.45) is 56.1. The van der Waals surface area contributed by atoms with Crippen LogP contribution in [0.25, 0.3) is 0 Å². The number of allylic oxidation sites excluding steroid dienone is 14. The van der Waals surface area contributed by atoms with Crippen molar-refractivity contribution in [2.45, 2.75) is 174 Å². The number of carbonyl (C=O) groups is 1. The van der Waals surface area contributed by atoms with Gasteiger partial charge in [0.2, 0.25) is 0 Å². The number of hydrogen-bond donors (Lipinski definition) is 2. The van der Waals surface area contributed by atoms with Gasteiger partial charge in [0.15, 0.2) is 0 Å². The summed E-state index contributed by atoms with van der Waals surface area (Å²) < 4.78 is 33.4. The predicted octanol–water partition coefficient (Wildman–Crippen LogP) is 13.3. The highest BCUT2D eigenvalue weighted by molar-refractivity contribution is 7.47. The third-order valence-corrected chi connectivity index (χ3v) is 9.79. The molecule has 8 nitrogen and oxygen atoms in total. The first-order valence-corrected chi connectivity index (χ1v) is 23.6. The van der Waals surface area contributed by atoms with Gasteiger partial charge >= 0.3 is 13.8 Å². The molecule has 0 amide bonds. The van der Waals surface area contributed by atoms with Gasteiger partial charge in [0.25, 0.3) is 0 Å². The van der Waals surface area contributed by atoms with Gasteiger partial charge in [0.05, 0.1) is 19.8 Å². The fraction of sp³-hybridized carbons (Fsp3) is 0.681. The number of carbonyl (C=O) groups excluding carboxylic acids is 1. The zero-order valence-electron chi connectivity index (χ0n) is 35.6. The van der Waals surface area contributed by atoms with E-state index >= 15 is 0 Å². The molecule has 0 saturated carbocycles. The second-order valence-electron chi connectivity index (χ2n) is 14.1. The monoisotopic (exact) mass is 804 g/mol. The molecule has 0 aromatic heterocycles. The molecular formula is C47H82NO7P. The summed E-state index contributed by atoms with van der Waals surface area (Å²) >= 11 is 0. The highest BCUT2D eigenvalue weighted by Crippen LogP contribution is 2.43. The fourth-order valence-corrected chi connectivity index (χ4v) is 6.41. The van der Waals surface area contributed by atoms with Crippen LogP contribution in [0.4, 0.5) is 0 Å². The van der Waals surface area contributed by atoms with Crippen molar-refractivity contribution < 1.29 is 32.8 Å². The lowest BCUT2D eigenvalue weighted by Crippen LogP contribution is -2.28. The van der Waals surface area contributed by atoms with Crippen LogP contribution in [-0.2, 0) is 27.9 Å². The van der Waals surface area contributed by atoms with Crippen LogP contribution in [0.2, 0.25) is 0 Å². The number of rotatable bonds is 41. The van der Waals surface area contributed by atoms with E-state index in [0.717, 1.165) is 96.3 Å². The van der Waals surface area contributed by atoms with E-state index in [1.54, 1.807) is 0 Å². The van der Waals surface area contributed by atoms with Crippen molar-refractivity contribution in [2.75, 3.05) is 33.0 Å². The number of hydrogen-bond acceptors (Lipinski definition) is 7. The number of phosphoric acid groups is 1. The molecule has 0 spiro atoms. The average molecular weight is 804 g/mol. The molecule has 0 radical (unpaired) electrons. The molecule has 0 aromatic rings. The molecule has 0 aliphatic carbocycles. The SMILES string of the molecule is CC/C=C\C/C=C\C/C=C\C/C=C\CCCCCCCCCCCCC(=O)OC(COCCCCCC/C=C\C/C=C\C/C=C\CC)COP(=O)(O)OCCN. The lowest BCUT2D eigenvalue weighted by molar-refractivity contribution is -0.154. The smallest absolute Gasteiger partial charge is 0.457 e. The number of phosphoric ester groups is 1. The van der Waals surface area contributed by atoms with Crippen molar-refractivity contribution >= 4 is 13.8 Å². The standard InChI is InChI=1S/C47H82NO7P/c1-3-5-7-9-11-13-15-17-19-20-21-22-23-24-25-26-27-28-30-32-34-36-38-40-47(49)55-46(45-54-56(50,51)53-43-41-48)44-52-42-39-37-35-33-31-29-18-16-14-12-10-8-6-4-2/h5-8,11-14,17-19,21-22,29,46H,3-4,9-10,15-16,20,23-28,30-45,48H2,1-2H3,(H,50,51)/b7-5-,8-6-,13-11-,14-12-,19-17-,22-21-,29-18-. The van der Waals surface area contributed by atoms with Crippen LogP contribution in [-0.4, -0.2) is 49.9 Å². The van der Waals surface area contributed by atoms with E-state index in [2.05, 4.69) is 98.9 Å².